The Hall–Kier alpha value is -2.36. The van der Waals surface area contributed by atoms with Crippen molar-refractivity contribution in [2.45, 2.75) is 44.2 Å². The molecule has 0 aromatic heterocycles. The van der Waals surface area contributed by atoms with Crippen molar-refractivity contribution in [3.8, 4) is 5.75 Å². The molecule has 0 saturated heterocycles. The van der Waals surface area contributed by atoms with Crippen LogP contribution in [0.15, 0.2) is 66.7 Å². The molecule has 1 aliphatic carbocycles. The van der Waals surface area contributed by atoms with Gasteiger partial charge in [-0.15, -0.1) is 0 Å². The number of aliphatic hydroxyl groups is 1. The van der Waals surface area contributed by atoms with E-state index in [1.165, 1.54) is 41.2 Å². The summed E-state index contributed by atoms with van der Waals surface area (Å²) < 4.78 is 5.47. The van der Waals surface area contributed by atoms with Crippen LogP contribution >= 0.6 is 0 Å². The highest BCUT2D eigenvalue weighted by molar-refractivity contribution is 5.86. The van der Waals surface area contributed by atoms with E-state index in [4.69, 9.17) is 9.84 Å². The van der Waals surface area contributed by atoms with Gasteiger partial charge in [-0.2, -0.15) is 0 Å². The predicted octanol–water partition coefficient (Wildman–Crippen LogP) is 5.20. The second-order valence-electron chi connectivity index (χ2n) is 7.80. The van der Waals surface area contributed by atoms with Crippen LogP contribution in [0.25, 0.3) is 10.8 Å². The summed E-state index contributed by atoms with van der Waals surface area (Å²) in [7, 11) is 0. The van der Waals surface area contributed by atoms with E-state index in [1.54, 1.807) is 0 Å². The van der Waals surface area contributed by atoms with E-state index in [0.29, 0.717) is 24.6 Å². The molecule has 1 aliphatic rings. The fourth-order valence-electron chi connectivity index (χ4n) is 4.51. The van der Waals surface area contributed by atoms with E-state index in [2.05, 4.69) is 66.8 Å². The second kappa shape index (κ2) is 8.76. The molecule has 0 amide bonds. The van der Waals surface area contributed by atoms with Gasteiger partial charge in [0.15, 0.2) is 0 Å². The highest BCUT2D eigenvalue weighted by atomic mass is 16.5. The average Bonchev–Trinajstić information content (AvgIpc) is 3.20. The number of hydrogen-bond acceptors (Lipinski definition) is 3. The normalized spacial score (nSPS) is 20.4. The molecule has 0 radical (unpaired) electrons. The monoisotopic (exact) mass is 375 g/mol. The maximum absolute atomic E-state index is 8.86. The Bertz CT molecular complexity index is 901. The van der Waals surface area contributed by atoms with Gasteiger partial charge in [0.05, 0.1) is 6.61 Å². The Morgan fingerprint density at radius 1 is 1.00 bits per heavy atom. The first-order valence-electron chi connectivity index (χ1n) is 10.3. The summed E-state index contributed by atoms with van der Waals surface area (Å²) in [6.45, 7) is 2.68. The zero-order valence-corrected chi connectivity index (χ0v) is 16.5. The average molecular weight is 376 g/mol. The Kier molecular flexibility index (Phi) is 5.94. The first kappa shape index (κ1) is 19.0. The third-order valence-corrected chi connectivity index (χ3v) is 5.92. The maximum Gasteiger partial charge on any atom is 0.119 e. The van der Waals surface area contributed by atoms with Crippen molar-refractivity contribution in [1.29, 1.82) is 0 Å². The number of aliphatic hydroxyl groups excluding tert-OH is 1. The standard InChI is InChI=1S/C25H29NO2/c1-18(24-8-4-6-20-5-2-3-7-25(20)24)26-22-12-9-21(17-22)19-10-13-23(14-11-19)28-16-15-27/h2-8,10-11,13-14,18,21-22,26-27H,9,12,15-17H2,1H3/t18-,21-,22+/m1/s1. The third kappa shape index (κ3) is 4.21. The van der Waals surface area contributed by atoms with Crippen molar-refractivity contribution in [1.82, 2.24) is 5.32 Å². The zero-order chi connectivity index (χ0) is 19.3. The van der Waals surface area contributed by atoms with Crippen LogP contribution in [0.3, 0.4) is 0 Å². The first-order valence-corrected chi connectivity index (χ1v) is 10.3. The van der Waals surface area contributed by atoms with Gasteiger partial charge in [-0.25, -0.2) is 0 Å². The SMILES string of the molecule is C[C@@H](N[C@H]1CC[C@@H](c2ccc(OCCO)cc2)C1)c1cccc2ccccc12. The van der Waals surface area contributed by atoms with E-state index in [0.717, 1.165) is 5.75 Å². The summed E-state index contributed by atoms with van der Waals surface area (Å²) >= 11 is 0. The van der Waals surface area contributed by atoms with Gasteiger partial charge in [0.1, 0.15) is 12.4 Å². The van der Waals surface area contributed by atoms with Gasteiger partial charge in [0, 0.05) is 12.1 Å². The van der Waals surface area contributed by atoms with Gasteiger partial charge in [0.2, 0.25) is 0 Å². The van der Waals surface area contributed by atoms with Gasteiger partial charge in [0.25, 0.3) is 0 Å². The van der Waals surface area contributed by atoms with Gasteiger partial charge in [-0.05, 0) is 66.1 Å². The minimum atomic E-state index is 0.0482. The lowest BCUT2D eigenvalue weighted by Gasteiger charge is -2.21. The van der Waals surface area contributed by atoms with Crippen molar-refractivity contribution in [2.24, 2.45) is 0 Å². The van der Waals surface area contributed by atoms with Crippen LogP contribution in [0.5, 0.6) is 5.75 Å². The Balaban J connectivity index is 1.39. The van der Waals surface area contributed by atoms with Crippen LogP contribution in [0.1, 0.15) is 49.3 Å². The molecule has 2 N–H and O–H groups in total. The molecule has 0 spiro atoms. The maximum atomic E-state index is 8.86. The van der Waals surface area contributed by atoms with Gasteiger partial charge >= 0.3 is 0 Å². The third-order valence-electron chi connectivity index (χ3n) is 5.92. The fourth-order valence-corrected chi connectivity index (χ4v) is 4.51. The Morgan fingerprint density at radius 2 is 1.79 bits per heavy atom. The molecular formula is C25H29NO2. The second-order valence-corrected chi connectivity index (χ2v) is 7.80. The highest BCUT2D eigenvalue weighted by Gasteiger charge is 2.27. The molecule has 3 atom stereocenters. The number of hydrogen-bond donors (Lipinski definition) is 2. The van der Waals surface area contributed by atoms with Crippen LogP contribution in [0.4, 0.5) is 0 Å². The molecule has 0 bridgehead atoms. The molecule has 0 unspecified atom stereocenters. The predicted molar refractivity (Wildman–Crippen MR) is 115 cm³/mol. The summed E-state index contributed by atoms with van der Waals surface area (Å²) in [5.74, 6) is 1.43. The lowest BCUT2D eigenvalue weighted by molar-refractivity contribution is 0.201. The van der Waals surface area contributed by atoms with Crippen LogP contribution in [0, 0.1) is 0 Å². The van der Waals surface area contributed by atoms with Crippen LogP contribution < -0.4 is 10.1 Å². The van der Waals surface area contributed by atoms with Crippen LogP contribution in [0.2, 0.25) is 0 Å². The van der Waals surface area contributed by atoms with Crippen molar-refractivity contribution in [3.63, 3.8) is 0 Å². The highest BCUT2D eigenvalue weighted by Crippen LogP contribution is 2.36. The van der Waals surface area contributed by atoms with Crippen LogP contribution in [-0.2, 0) is 0 Å². The molecule has 146 valence electrons. The summed E-state index contributed by atoms with van der Waals surface area (Å²) in [6, 6.07) is 24.5. The van der Waals surface area contributed by atoms with E-state index in [9.17, 15) is 0 Å². The number of ether oxygens (including phenoxy) is 1. The van der Waals surface area contributed by atoms with Crippen molar-refractivity contribution >= 4 is 10.8 Å². The molecule has 1 fully saturated rings. The summed E-state index contributed by atoms with van der Waals surface area (Å²) in [6.07, 6.45) is 3.60. The number of fused-ring (bicyclic) bond motifs is 1. The van der Waals surface area contributed by atoms with E-state index in [-0.39, 0.29) is 6.61 Å². The summed E-state index contributed by atoms with van der Waals surface area (Å²) in [5.41, 5.74) is 2.77. The molecule has 0 aliphatic heterocycles. The molecule has 4 rings (SSSR count). The molecule has 1 saturated carbocycles. The van der Waals surface area contributed by atoms with E-state index < -0.39 is 0 Å². The number of benzene rings is 3. The fraction of sp³-hybridized carbons (Fsp3) is 0.360. The molecule has 28 heavy (non-hydrogen) atoms. The minimum absolute atomic E-state index is 0.0482. The number of rotatable bonds is 7. The molecule has 0 heterocycles. The van der Waals surface area contributed by atoms with Gasteiger partial charge < -0.3 is 15.2 Å². The quantitative estimate of drug-likeness (QED) is 0.596. The van der Waals surface area contributed by atoms with E-state index in [1.807, 2.05) is 12.1 Å². The lowest BCUT2D eigenvalue weighted by atomic mass is 9.96. The largest absolute Gasteiger partial charge is 0.491 e. The topological polar surface area (TPSA) is 41.5 Å². The summed E-state index contributed by atoms with van der Waals surface area (Å²) in [4.78, 5) is 0. The van der Waals surface area contributed by atoms with Crippen molar-refractivity contribution in [2.75, 3.05) is 13.2 Å². The minimum Gasteiger partial charge on any atom is -0.491 e. The smallest absolute Gasteiger partial charge is 0.119 e. The van der Waals surface area contributed by atoms with Gasteiger partial charge in [-0.1, -0.05) is 54.6 Å². The molecule has 3 heteroatoms. The van der Waals surface area contributed by atoms with Crippen molar-refractivity contribution in [3.05, 3.63) is 77.9 Å². The van der Waals surface area contributed by atoms with Crippen molar-refractivity contribution < 1.29 is 9.84 Å². The lowest BCUT2D eigenvalue weighted by Crippen LogP contribution is -2.29. The molecule has 3 aromatic rings. The molecular weight excluding hydrogens is 346 g/mol. The van der Waals surface area contributed by atoms with Gasteiger partial charge in [-0.3, -0.25) is 0 Å². The van der Waals surface area contributed by atoms with E-state index >= 15 is 0 Å². The van der Waals surface area contributed by atoms with Crippen LogP contribution in [-0.4, -0.2) is 24.4 Å². The Morgan fingerprint density at radius 3 is 2.61 bits per heavy atom. The summed E-state index contributed by atoms with van der Waals surface area (Å²) in [5, 5.41) is 15.4. The molecule has 3 aromatic carbocycles. The Labute approximate surface area is 167 Å². The molecule has 3 nitrogen and oxygen atoms in total. The number of nitrogens with one attached hydrogen (secondary N) is 1. The zero-order valence-electron chi connectivity index (χ0n) is 16.5. The first-order chi connectivity index (χ1) is 13.7.